The summed E-state index contributed by atoms with van der Waals surface area (Å²) in [5.74, 6) is 1.41. The number of benzene rings is 2. The van der Waals surface area contributed by atoms with Crippen molar-refractivity contribution in [3.8, 4) is 5.75 Å². The second-order valence-corrected chi connectivity index (χ2v) is 10.6. The molecule has 0 aromatic heterocycles. The average Bonchev–Trinajstić information content (AvgIpc) is 3.46. The van der Waals surface area contributed by atoms with E-state index in [1.807, 2.05) is 44.2 Å². The monoisotopic (exact) mass is 465 g/mol. The highest BCUT2D eigenvalue weighted by molar-refractivity contribution is 6.04. The van der Waals surface area contributed by atoms with Crippen molar-refractivity contribution in [2.75, 3.05) is 49.7 Å². The molecule has 0 bridgehead atoms. The van der Waals surface area contributed by atoms with E-state index in [1.165, 1.54) is 18.5 Å². The molecule has 182 valence electrons. The summed E-state index contributed by atoms with van der Waals surface area (Å²) in [5.41, 5.74) is 3.98. The summed E-state index contributed by atoms with van der Waals surface area (Å²) >= 11 is 0. The largest absolute Gasteiger partial charge is 0.493 e. The Kier molecular flexibility index (Phi) is 6.52. The van der Waals surface area contributed by atoms with Gasteiger partial charge in [-0.3, -0.25) is 9.69 Å². The number of ether oxygens (including phenoxy) is 1. The zero-order chi connectivity index (χ0) is 23.7. The summed E-state index contributed by atoms with van der Waals surface area (Å²) in [6.45, 7) is 8.55. The molecule has 1 spiro atoms. The number of carbonyl (C=O) groups is 1. The number of hydrogen-bond acceptors (Lipinski definition) is 4. The molecule has 2 aliphatic heterocycles. The Morgan fingerprint density at radius 3 is 2.62 bits per heavy atom. The van der Waals surface area contributed by atoms with Crippen LogP contribution in [-0.2, 0) is 0 Å². The van der Waals surface area contributed by atoms with Crippen molar-refractivity contribution < 1.29 is 13.9 Å². The predicted molar refractivity (Wildman–Crippen MR) is 135 cm³/mol. The summed E-state index contributed by atoms with van der Waals surface area (Å²) in [7, 11) is 0. The maximum atomic E-state index is 13.1. The van der Waals surface area contributed by atoms with Gasteiger partial charge in [0.05, 0.1) is 6.61 Å². The third-order valence-electron chi connectivity index (χ3n) is 7.88. The van der Waals surface area contributed by atoms with E-state index in [0.29, 0.717) is 11.5 Å². The quantitative estimate of drug-likeness (QED) is 0.575. The molecule has 3 fully saturated rings. The van der Waals surface area contributed by atoms with Crippen LogP contribution in [-0.4, -0.2) is 56.3 Å². The van der Waals surface area contributed by atoms with Crippen molar-refractivity contribution in [3.05, 3.63) is 53.6 Å². The van der Waals surface area contributed by atoms with Gasteiger partial charge in [-0.05, 0) is 100 Å². The molecule has 2 aromatic carbocycles. The lowest BCUT2D eigenvalue weighted by molar-refractivity contribution is 0.102. The number of carbonyl (C=O) groups excluding carboxylic acids is 1. The fourth-order valence-corrected chi connectivity index (χ4v) is 5.31. The highest BCUT2D eigenvalue weighted by Gasteiger charge is 2.44. The number of likely N-dealkylation sites (tertiary alicyclic amines) is 1. The molecule has 2 unspecified atom stereocenters. The average molecular weight is 466 g/mol. The number of amides is 1. The van der Waals surface area contributed by atoms with Crippen LogP contribution in [0.2, 0.25) is 0 Å². The Morgan fingerprint density at radius 2 is 1.91 bits per heavy atom. The molecule has 1 aliphatic carbocycles. The Balaban J connectivity index is 1.18. The molecule has 5 rings (SSSR count). The van der Waals surface area contributed by atoms with Crippen molar-refractivity contribution in [3.63, 3.8) is 0 Å². The zero-order valence-corrected chi connectivity index (χ0v) is 20.4. The topological polar surface area (TPSA) is 44.8 Å². The van der Waals surface area contributed by atoms with Gasteiger partial charge in [-0.2, -0.15) is 0 Å². The number of rotatable bonds is 8. The van der Waals surface area contributed by atoms with Crippen LogP contribution in [0.1, 0.15) is 48.5 Å². The van der Waals surface area contributed by atoms with Crippen LogP contribution in [0.5, 0.6) is 5.75 Å². The third-order valence-corrected chi connectivity index (χ3v) is 7.88. The van der Waals surface area contributed by atoms with E-state index >= 15 is 0 Å². The van der Waals surface area contributed by atoms with E-state index in [9.17, 15) is 9.18 Å². The molecule has 1 saturated carbocycles. The van der Waals surface area contributed by atoms with Gasteiger partial charge in [0.25, 0.3) is 5.91 Å². The molecule has 1 amide bonds. The predicted octanol–water partition coefficient (Wildman–Crippen LogP) is 5.30. The molecule has 34 heavy (non-hydrogen) atoms. The zero-order valence-electron chi connectivity index (χ0n) is 20.4. The van der Waals surface area contributed by atoms with Crippen LogP contribution in [0.3, 0.4) is 0 Å². The first-order chi connectivity index (χ1) is 16.4. The normalized spacial score (nSPS) is 23.4. The Bertz CT molecular complexity index is 1020. The molecule has 3 aliphatic rings. The number of nitrogens with zero attached hydrogens (tertiary/aromatic N) is 2. The molecule has 2 saturated heterocycles. The maximum Gasteiger partial charge on any atom is 0.255 e. The summed E-state index contributed by atoms with van der Waals surface area (Å²) in [4.78, 5) is 17.5. The fourth-order valence-electron chi connectivity index (χ4n) is 5.31. The summed E-state index contributed by atoms with van der Waals surface area (Å²) in [6, 6.07) is 13.7. The van der Waals surface area contributed by atoms with Crippen LogP contribution in [0.15, 0.2) is 42.5 Å². The lowest BCUT2D eigenvalue weighted by Crippen LogP contribution is -2.36. The number of hydrogen-bond donors (Lipinski definition) is 1. The van der Waals surface area contributed by atoms with Gasteiger partial charge >= 0.3 is 0 Å². The van der Waals surface area contributed by atoms with E-state index in [2.05, 4.69) is 27.2 Å². The van der Waals surface area contributed by atoms with Gasteiger partial charge in [-0.15, -0.1) is 0 Å². The molecular formula is C28H36FN3O2. The van der Waals surface area contributed by atoms with Gasteiger partial charge < -0.3 is 15.0 Å². The molecule has 1 N–H and O–H groups in total. The van der Waals surface area contributed by atoms with Crippen LogP contribution in [0.25, 0.3) is 0 Å². The SMILES string of the molecule is Cc1cc(N2CCC3(CCN(C(C)CF)C3)C2)ccc1NC(=O)c1ccc(OCC2CC2)cc1. The van der Waals surface area contributed by atoms with Crippen molar-refractivity contribution >= 4 is 17.3 Å². The number of alkyl halides is 1. The van der Waals surface area contributed by atoms with Gasteiger partial charge in [-0.1, -0.05) is 0 Å². The van der Waals surface area contributed by atoms with Crippen LogP contribution in [0, 0.1) is 18.3 Å². The van der Waals surface area contributed by atoms with Gasteiger partial charge in [0.15, 0.2) is 0 Å². The van der Waals surface area contributed by atoms with E-state index in [0.717, 1.165) is 62.6 Å². The Hall–Kier alpha value is -2.60. The molecule has 2 aromatic rings. The van der Waals surface area contributed by atoms with Gasteiger partial charge in [0.2, 0.25) is 0 Å². The fraction of sp³-hybridized carbons (Fsp3) is 0.536. The smallest absolute Gasteiger partial charge is 0.255 e. The van der Waals surface area contributed by atoms with Crippen LogP contribution < -0.4 is 15.0 Å². The highest BCUT2D eigenvalue weighted by atomic mass is 19.1. The highest BCUT2D eigenvalue weighted by Crippen LogP contribution is 2.42. The third kappa shape index (κ3) is 5.07. The number of nitrogens with one attached hydrogen (secondary N) is 1. The minimum Gasteiger partial charge on any atom is -0.493 e. The molecule has 5 nitrogen and oxygen atoms in total. The number of anilines is 2. The molecule has 6 heteroatoms. The van der Waals surface area contributed by atoms with Crippen molar-refractivity contribution in [1.82, 2.24) is 4.90 Å². The Labute approximate surface area is 202 Å². The minimum atomic E-state index is -0.273. The Morgan fingerprint density at radius 1 is 1.15 bits per heavy atom. The first kappa shape index (κ1) is 23.2. The first-order valence-corrected chi connectivity index (χ1v) is 12.6. The van der Waals surface area contributed by atoms with E-state index in [-0.39, 0.29) is 24.0 Å². The summed E-state index contributed by atoms with van der Waals surface area (Å²) in [5, 5.41) is 3.06. The van der Waals surface area contributed by atoms with Crippen molar-refractivity contribution in [2.24, 2.45) is 11.3 Å². The van der Waals surface area contributed by atoms with E-state index in [1.54, 1.807) is 0 Å². The summed E-state index contributed by atoms with van der Waals surface area (Å²) in [6.07, 6.45) is 4.82. The van der Waals surface area contributed by atoms with Crippen LogP contribution in [0.4, 0.5) is 15.8 Å². The lowest BCUT2D eigenvalue weighted by Gasteiger charge is -2.27. The minimum absolute atomic E-state index is 0.0185. The number of halogens is 1. The standard InChI is InChI=1S/C28H36FN3O2/c1-20-15-24(32-14-12-28(19-32)11-13-31(18-28)21(2)16-29)7-10-26(20)30-27(33)23-5-8-25(9-6-23)34-17-22-3-4-22/h5-10,15,21-22H,3-4,11-14,16-19H2,1-2H3,(H,30,33). The molecule has 2 heterocycles. The van der Waals surface area contributed by atoms with Gasteiger partial charge in [-0.25, -0.2) is 4.39 Å². The van der Waals surface area contributed by atoms with Crippen molar-refractivity contribution in [2.45, 2.75) is 45.6 Å². The molecule has 2 atom stereocenters. The molecular weight excluding hydrogens is 429 g/mol. The van der Waals surface area contributed by atoms with Crippen molar-refractivity contribution in [1.29, 1.82) is 0 Å². The van der Waals surface area contributed by atoms with Crippen LogP contribution >= 0.6 is 0 Å². The lowest BCUT2D eigenvalue weighted by atomic mass is 9.86. The molecule has 0 radical (unpaired) electrons. The van der Waals surface area contributed by atoms with E-state index in [4.69, 9.17) is 4.74 Å². The van der Waals surface area contributed by atoms with E-state index < -0.39 is 0 Å². The summed E-state index contributed by atoms with van der Waals surface area (Å²) < 4.78 is 18.9. The van der Waals surface area contributed by atoms with Gasteiger partial charge in [0, 0.05) is 48.0 Å². The second-order valence-electron chi connectivity index (χ2n) is 10.6. The van der Waals surface area contributed by atoms with Gasteiger partial charge in [0.1, 0.15) is 12.4 Å². The second kappa shape index (κ2) is 9.57. The number of aryl methyl sites for hydroxylation is 1. The first-order valence-electron chi connectivity index (χ1n) is 12.6. The maximum absolute atomic E-state index is 13.1.